The van der Waals surface area contributed by atoms with Crippen LogP contribution in [0.25, 0.3) is 0 Å². The second kappa shape index (κ2) is 6.50. The molecule has 0 aromatic rings. The zero-order valence-corrected chi connectivity index (χ0v) is 11.4. The molecule has 1 aliphatic heterocycles. The van der Waals surface area contributed by atoms with Gasteiger partial charge in [0.15, 0.2) is 0 Å². The highest BCUT2D eigenvalue weighted by Crippen LogP contribution is 2.27. The largest absolute Gasteiger partial charge is 0.355 e. The number of amides is 1. The number of piperazine rings is 1. The van der Waals surface area contributed by atoms with Crippen molar-refractivity contribution in [2.75, 3.05) is 45.8 Å². The number of hydrogen-bond acceptors (Lipinski definition) is 4. The molecule has 0 aromatic carbocycles. The summed E-state index contributed by atoms with van der Waals surface area (Å²) >= 11 is 0. The van der Waals surface area contributed by atoms with E-state index >= 15 is 0 Å². The maximum atomic E-state index is 11.7. The first-order valence-corrected chi connectivity index (χ1v) is 7.12. The second-order valence-corrected chi connectivity index (χ2v) is 5.64. The van der Waals surface area contributed by atoms with E-state index in [1.165, 1.54) is 12.8 Å². The first kappa shape index (κ1) is 13.8. The number of carbonyl (C=O) groups excluding carboxylic acids is 1. The van der Waals surface area contributed by atoms with E-state index in [9.17, 15) is 4.79 Å². The van der Waals surface area contributed by atoms with E-state index in [1.54, 1.807) is 0 Å². The summed E-state index contributed by atoms with van der Waals surface area (Å²) in [7, 11) is 0. The number of nitrogens with zero attached hydrogens (tertiary/aromatic N) is 2. The van der Waals surface area contributed by atoms with Crippen molar-refractivity contribution in [2.45, 2.75) is 25.8 Å². The molecule has 0 radical (unpaired) electrons. The minimum absolute atomic E-state index is 0.183. The van der Waals surface area contributed by atoms with Crippen LogP contribution in [-0.2, 0) is 4.79 Å². The van der Waals surface area contributed by atoms with Crippen LogP contribution in [0.15, 0.2) is 0 Å². The molecule has 1 saturated carbocycles. The molecular weight excluding hydrogens is 228 g/mol. The van der Waals surface area contributed by atoms with Crippen molar-refractivity contribution in [3.05, 3.63) is 0 Å². The Morgan fingerprint density at radius 1 is 1.33 bits per heavy atom. The van der Waals surface area contributed by atoms with Crippen LogP contribution in [0.5, 0.6) is 0 Å². The normalized spacial score (nSPS) is 23.9. The maximum Gasteiger partial charge on any atom is 0.234 e. The molecule has 3 N–H and O–H groups in total. The van der Waals surface area contributed by atoms with Crippen LogP contribution in [0.1, 0.15) is 19.8 Å². The van der Waals surface area contributed by atoms with Crippen LogP contribution in [0.4, 0.5) is 0 Å². The highest BCUT2D eigenvalue weighted by Gasteiger charge is 2.24. The Balaban J connectivity index is 1.61. The molecule has 5 heteroatoms. The monoisotopic (exact) mass is 254 g/mol. The highest BCUT2D eigenvalue weighted by atomic mass is 16.2. The Kier molecular flexibility index (Phi) is 4.97. The second-order valence-electron chi connectivity index (χ2n) is 5.64. The van der Waals surface area contributed by atoms with Gasteiger partial charge < -0.3 is 11.1 Å². The molecule has 1 atom stereocenters. The summed E-state index contributed by atoms with van der Waals surface area (Å²) in [4.78, 5) is 16.4. The first-order chi connectivity index (χ1) is 8.69. The Labute approximate surface area is 110 Å². The number of carbonyl (C=O) groups is 1. The topological polar surface area (TPSA) is 61.6 Å². The SMILES string of the molecule is CC(CN)N1CCN(CC(=O)NCC2CC2)CC1. The van der Waals surface area contributed by atoms with Gasteiger partial charge in [-0.25, -0.2) is 0 Å². The van der Waals surface area contributed by atoms with Gasteiger partial charge in [-0.2, -0.15) is 0 Å². The predicted octanol–water partition coefficient (Wildman–Crippen LogP) is -0.523. The minimum Gasteiger partial charge on any atom is -0.355 e. The number of nitrogens with one attached hydrogen (secondary N) is 1. The van der Waals surface area contributed by atoms with Crippen molar-refractivity contribution < 1.29 is 4.79 Å². The summed E-state index contributed by atoms with van der Waals surface area (Å²) < 4.78 is 0. The molecule has 104 valence electrons. The molecule has 5 nitrogen and oxygen atoms in total. The van der Waals surface area contributed by atoms with Crippen LogP contribution in [0, 0.1) is 5.92 Å². The van der Waals surface area contributed by atoms with Gasteiger partial charge in [-0.15, -0.1) is 0 Å². The number of nitrogens with two attached hydrogens (primary N) is 1. The smallest absolute Gasteiger partial charge is 0.234 e. The fourth-order valence-corrected chi connectivity index (χ4v) is 2.35. The van der Waals surface area contributed by atoms with E-state index in [2.05, 4.69) is 22.0 Å². The van der Waals surface area contributed by atoms with Crippen LogP contribution in [-0.4, -0.2) is 67.6 Å². The van der Waals surface area contributed by atoms with Gasteiger partial charge in [-0.1, -0.05) is 0 Å². The lowest BCUT2D eigenvalue weighted by atomic mass is 10.2. The number of hydrogen-bond donors (Lipinski definition) is 2. The van der Waals surface area contributed by atoms with Gasteiger partial charge in [0.05, 0.1) is 6.54 Å². The van der Waals surface area contributed by atoms with Crippen LogP contribution in [0.2, 0.25) is 0 Å². The van der Waals surface area contributed by atoms with E-state index < -0.39 is 0 Å². The lowest BCUT2D eigenvalue weighted by Gasteiger charge is -2.37. The molecule has 1 unspecified atom stereocenters. The van der Waals surface area contributed by atoms with Crippen LogP contribution in [0.3, 0.4) is 0 Å². The fraction of sp³-hybridized carbons (Fsp3) is 0.923. The van der Waals surface area contributed by atoms with Crippen molar-refractivity contribution in [3.63, 3.8) is 0 Å². The van der Waals surface area contributed by atoms with E-state index in [1.807, 2.05) is 0 Å². The van der Waals surface area contributed by atoms with Crippen molar-refractivity contribution >= 4 is 5.91 Å². The molecule has 2 rings (SSSR count). The van der Waals surface area contributed by atoms with E-state index in [4.69, 9.17) is 5.73 Å². The lowest BCUT2D eigenvalue weighted by molar-refractivity contribution is -0.122. The fourth-order valence-electron chi connectivity index (χ4n) is 2.35. The Bertz CT molecular complexity index is 272. The zero-order valence-electron chi connectivity index (χ0n) is 11.4. The molecular formula is C13H26N4O. The van der Waals surface area contributed by atoms with Gasteiger partial charge >= 0.3 is 0 Å². The van der Waals surface area contributed by atoms with Crippen LogP contribution < -0.4 is 11.1 Å². The van der Waals surface area contributed by atoms with E-state index in [0.29, 0.717) is 19.1 Å². The molecule has 1 aliphatic carbocycles. The Morgan fingerprint density at radius 3 is 2.56 bits per heavy atom. The Morgan fingerprint density at radius 2 is 2.00 bits per heavy atom. The summed E-state index contributed by atoms with van der Waals surface area (Å²) in [6, 6.07) is 0.454. The summed E-state index contributed by atoms with van der Waals surface area (Å²) in [6.45, 7) is 8.30. The van der Waals surface area contributed by atoms with Gasteiger partial charge in [-0.3, -0.25) is 14.6 Å². The van der Waals surface area contributed by atoms with Gasteiger partial charge in [0, 0.05) is 45.3 Å². The molecule has 0 bridgehead atoms. The van der Waals surface area contributed by atoms with Crippen molar-refractivity contribution in [1.29, 1.82) is 0 Å². The zero-order chi connectivity index (χ0) is 13.0. The summed E-state index contributed by atoms with van der Waals surface area (Å²) in [5, 5.41) is 3.02. The third kappa shape index (κ3) is 4.23. The van der Waals surface area contributed by atoms with Crippen molar-refractivity contribution in [3.8, 4) is 0 Å². The molecule has 0 aromatic heterocycles. The summed E-state index contributed by atoms with van der Waals surface area (Å²) in [5.74, 6) is 0.943. The molecule has 0 spiro atoms. The maximum absolute atomic E-state index is 11.7. The summed E-state index contributed by atoms with van der Waals surface area (Å²) in [6.07, 6.45) is 2.58. The van der Waals surface area contributed by atoms with Crippen molar-refractivity contribution in [2.24, 2.45) is 11.7 Å². The average Bonchev–Trinajstić information content (AvgIpc) is 3.20. The number of rotatable bonds is 6. The standard InChI is InChI=1S/C13H26N4O/c1-11(8-14)17-6-4-16(5-7-17)10-13(18)15-9-12-2-3-12/h11-12H,2-10,14H2,1H3,(H,15,18). The quantitative estimate of drug-likeness (QED) is 0.669. The van der Waals surface area contributed by atoms with E-state index in [0.717, 1.165) is 38.6 Å². The molecule has 18 heavy (non-hydrogen) atoms. The van der Waals surface area contributed by atoms with Gasteiger partial charge in [-0.05, 0) is 25.7 Å². The van der Waals surface area contributed by atoms with Crippen molar-refractivity contribution in [1.82, 2.24) is 15.1 Å². The molecule has 1 amide bonds. The molecule has 1 heterocycles. The minimum atomic E-state index is 0.183. The van der Waals surface area contributed by atoms with Crippen LogP contribution >= 0.6 is 0 Å². The first-order valence-electron chi connectivity index (χ1n) is 7.12. The molecule has 2 fully saturated rings. The lowest BCUT2D eigenvalue weighted by Crippen LogP contribution is -2.53. The third-order valence-corrected chi connectivity index (χ3v) is 4.02. The van der Waals surface area contributed by atoms with Gasteiger partial charge in [0.1, 0.15) is 0 Å². The third-order valence-electron chi connectivity index (χ3n) is 4.02. The molecule has 1 saturated heterocycles. The highest BCUT2D eigenvalue weighted by molar-refractivity contribution is 5.78. The van der Waals surface area contributed by atoms with E-state index in [-0.39, 0.29) is 5.91 Å². The van der Waals surface area contributed by atoms with Gasteiger partial charge in [0.25, 0.3) is 0 Å². The van der Waals surface area contributed by atoms with Gasteiger partial charge in [0.2, 0.25) is 5.91 Å². The summed E-state index contributed by atoms with van der Waals surface area (Å²) in [5.41, 5.74) is 5.67. The molecule has 2 aliphatic rings. The average molecular weight is 254 g/mol. The predicted molar refractivity (Wildman–Crippen MR) is 72.3 cm³/mol. The Hall–Kier alpha value is -0.650.